The van der Waals surface area contributed by atoms with E-state index < -0.39 is 47.9 Å². The molecule has 1 N–H and O–H groups in total. The van der Waals surface area contributed by atoms with E-state index in [1.165, 1.54) is 0 Å². The van der Waals surface area contributed by atoms with Gasteiger partial charge in [0, 0.05) is 12.5 Å². The third-order valence-corrected chi connectivity index (χ3v) is 3.94. The Kier molecular flexibility index (Phi) is 5.48. The van der Waals surface area contributed by atoms with Crippen LogP contribution in [0.5, 0.6) is 0 Å². The number of rotatable bonds is 5. The van der Waals surface area contributed by atoms with E-state index in [9.17, 15) is 28.3 Å². The van der Waals surface area contributed by atoms with Gasteiger partial charge in [0.25, 0.3) is 0 Å². The highest BCUT2D eigenvalue weighted by Crippen LogP contribution is 2.34. The van der Waals surface area contributed by atoms with Gasteiger partial charge in [0.1, 0.15) is 18.1 Å². The molecule has 0 spiro atoms. The molecule has 6 nitrogen and oxygen atoms in total. The fourth-order valence-electron chi connectivity index (χ4n) is 2.88. The lowest BCUT2D eigenvalue weighted by Crippen LogP contribution is -2.40. The number of carbonyl (C=O) groups excluding carboxylic acids is 2. The molecule has 1 aliphatic heterocycles. The third kappa shape index (κ3) is 3.87. The zero-order valence-corrected chi connectivity index (χ0v) is 13.0. The second-order valence-electron chi connectivity index (χ2n) is 5.50. The van der Waals surface area contributed by atoms with Crippen molar-refractivity contribution in [3.8, 4) is 0 Å². The van der Waals surface area contributed by atoms with Gasteiger partial charge < -0.3 is 9.84 Å². The zero-order chi connectivity index (χ0) is 17.9. The number of ether oxygens (including phenoxy) is 1. The van der Waals surface area contributed by atoms with Gasteiger partial charge in [0.05, 0.1) is 12.6 Å². The number of benzene rings is 1. The molecule has 2 atom stereocenters. The van der Waals surface area contributed by atoms with Gasteiger partial charge in [-0.05, 0) is 37.1 Å². The lowest BCUT2D eigenvalue weighted by Gasteiger charge is -2.19. The Balaban J connectivity index is 2.19. The Morgan fingerprint density at radius 3 is 2.67 bits per heavy atom. The summed E-state index contributed by atoms with van der Waals surface area (Å²) in [4.78, 5) is 35.8. The first kappa shape index (κ1) is 17.8. The fourth-order valence-corrected chi connectivity index (χ4v) is 2.88. The summed E-state index contributed by atoms with van der Waals surface area (Å²) in [7, 11) is 0. The van der Waals surface area contributed by atoms with Crippen molar-refractivity contribution in [2.75, 3.05) is 13.2 Å². The average Bonchev–Trinajstić information content (AvgIpc) is 2.95. The molecule has 1 aromatic rings. The van der Waals surface area contributed by atoms with E-state index in [-0.39, 0.29) is 25.1 Å². The summed E-state index contributed by atoms with van der Waals surface area (Å²) < 4.78 is 31.9. The number of nitrogens with zero attached hydrogens (tertiary/aromatic N) is 1. The molecule has 24 heavy (non-hydrogen) atoms. The standard InChI is InChI=1S/C16H17F2NO5/c1-2-24-15(21)7-14(20)13-5-9(8-19(13)16(22)23)11-6-10(17)3-4-12(11)18/h3-4,6,9,13H,2,5,7-8H2,1H3,(H,22,23)/t9-,13?/m1/s1. The Bertz CT molecular complexity index is 664. The molecule has 1 aromatic carbocycles. The molecule has 1 fully saturated rings. The van der Waals surface area contributed by atoms with Crippen LogP contribution in [0.2, 0.25) is 0 Å². The highest BCUT2D eigenvalue weighted by Gasteiger charge is 2.41. The molecular weight excluding hydrogens is 324 g/mol. The molecular formula is C16H17F2NO5. The van der Waals surface area contributed by atoms with Gasteiger partial charge in [-0.25, -0.2) is 13.6 Å². The fraction of sp³-hybridized carbons (Fsp3) is 0.438. The summed E-state index contributed by atoms with van der Waals surface area (Å²) in [6, 6.07) is 1.84. The Morgan fingerprint density at radius 2 is 2.04 bits per heavy atom. The number of likely N-dealkylation sites (tertiary alicyclic amines) is 1. The maximum Gasteiger partial charge on any atom is 0.407 e. The second kappa shape index (κ2) is 7.37. The number of halogens is 2. The Morgan fingerprint density at radius 1 is 1.33 bits per heavy atom. The Hall–Kier alpha value is -2.51. The van der Waals surface area contributed by atoms with Crippen LogP contribution >= 0.6 is 0 Å². The van der Waals surface area contributed by atoms with Crippen molar-refractivity contribution in [3.05, 3.63) is 35.4 Å². The van der Waals surface area contributed by atoms with E-state index in [1.54, 1.807) is 6.92 Å². The molecule has 1 unspecified atom stereocenters. The van der Waals surface area contributed by atoms with Crippen molar-refractivity contribution in [1.29, 1.82) is 0 Å². The van der Waals surface area contributed by atoms with Crippen LogP contribution < -0.4 is 0 Å². The van der Waals surface area contributed by atoms with Crippen LogP contribution in [0.3, 0.4) is 0 Å². The normalized spacial score (nSPS) is 20.0. The molecule has 1 saturated heterocycles. The smallest absolute Gasteiger partial charge is 0.407 e. The van der Waals surface area contributed by atoms with E-state index in [4.69, 9.17) is 0 Å². The number of amides is 1. The number of hydrogen-bond donors (Lipinski definition) is 1. The van der Waals surface area contributed by atoms with Gasteiger partial charge in [-0.15, -0.1) is 0 Å². The summed E-state index contributed by atoms with van der Waals surface area (Å²) >= 11 is 0. The molecule has 0 radical (unpaired) electrons. The zero-order valence-electron chi connectivity index (χ0n) is 13.0. The maximum atomic E-state index is 13.9. The van der Waals surface area contributed by atoms with E-state index in [0.717, 1.165) is 23.1 Å². The van der Waals surface area contributed by atoms with Crippen molar-refractivity contribution in [2.45, 2.75) is 31.7 Å². The minimum atomic E-state index is -1.35. The second-order valence-corrected chi connectivity index (χ2v) is 5.50. The molecule has 0 bridgehead atoms. The molecule has 1 amide bonds. The van der Waals surface area contributed by atoms with Crippen LogP contribution in [0.15, 0.2) is 18.2 Å². The molecule has 2 rings (SSSR count). The topological polar surface area (TPSA) is 83.9 Å². The van der Waals surface area contributed by atoms with Crippen LogP contribution in [0.1, 0.15) is 31.2 Å². The largest absolute Gasteiger partial charge is 0.466 e. The molecule has 0 saturated carbocycles. The number of esters is 1. The summed E-state index contributed by atoms with van der Waals surface area (Å²) in [6.45, 7) is 1.55. The van der Waals surface area contributed by atoms with Gasteiger partial charge >= 0.3 is 12.1 Å². The SMILES string of the molecule is CCOC(=O)CC(=O)C1C[C@@H](c2cc(F)ccc2F)CN1C(=O)O. The summed E-state index contributed by atoms with van der Waals surface area (Å²) in [5, 5.41) is 9.25. The van der Waals surface area contributed by atoms with E-state index in [0.29, 0.717) is 0 Å². The number of carboxylic acid groups (broad SMARTS) is 1. The van der Waals surface area contributed by atoms with E-state index in [1.807, 2.05) is 0 Å². The quantitative estimate of drug-likeness (QED) is 0.656. The van der Waals surface area contributed by atoms with Crippen LogP contribution in [0.25, 0.3) is 0 Å². The van der Waals surface area contributed by atoms with Gasteiger partial charge in [0.15, 0.2) is 5.78 Å². The average molecular weight is 341 g/mol. The maximum absolute atomic E-state index is 13.9. The van der Waals surface area contributed by atoms with Crippen LogP contribution in [-0.2, 0) is 14.3 Å². The summed E-state index contributed by atoms with van der Waals surface area (Å²) in [5.41, 5.74) is 0.0210. The summed E-state index contributed by atoms with van der Waals surface area (Å²) in [5.74, 6) is -3.32. The third-order valence-electron chi connectivity index (χ3n) is 3.94. The van der Waals surface area contributed by atoms with Crippen molar-refractivity contribution in [3.63, 3.8) is 0 Å². The van der Waals surface area contributed by atoms with Crippen molar-refractivity contribution >= 4 is 17.8 Å². The lowest BCUT2D eigenvalue weighted by atomic mass is 9.94. The number of ketones is 1. The first-order valence-corrected chi connectivity index (χ1v) is 7.46. The van der Waals surface area contributed by atoms with Crippen LogP contribution in [0.4, 0.5) is 13.6 Å². The minimum absolute atomic E-state index is 0.00902. The predicted molar refractivity (Wildman–Crippen MR) is 78.5 cm³/mol. The molecule has 130 valence electrons. The van der Waals surface area contributed by atoms with Crippen molar-refractivity contribution < 1.29 is 33.0 Å². The van der Waals surface area contributed by atoms with Crippen molar-refractivity contribution in [1.82, 2.24) is 4.90 Å². The van der Waals surface area contributed by atoms with Crippen LogP contribution in [0, 0.1) is 11.6 Å². The van der Waals surface area contributed by atoms with Gasteiger partial charge in [-0.3, -0.25) is 14.5 Å². The molecule has 0 aromatic heterocycles. The van der Waals surface area contributed by atoms with Gasteiger partial charge in [-0.2, -0.15) is 0 Å². The van der Waals surface area contributed by atoms with E-state index in [2.05, 4.69) is 4.74 Å². The first-order chi connectivity index (χ1) is 11.3. The summed E-state index contributed by atoms with van der Waals surface area (Å²) in [6.07, 6.45) is -1.91. The number of hydrogen-bond acceptors (Lipinski definition) is 4. The lowest BCUT2D eigenvalue weighted by molar-refractivity contribution is -0.146. The van der Waals surface area contributed by atoms with Gasteiger partial charge in [0.2, 0.25) is 0 Å². The first-order valence-electron chi connectivity index (χ1n) is 7.46. The van der Waals surface area contributed by atoms with Crippen molar-refractivity contribution in [2.24, 2.45) is 0 Å². The monoisotopic (exact) mass is 341 g/mol. The van der Waals surface area contributed by atoms with Crippen LogP contribution in [-0.4, -0.2) is 47.0 Å². The highest BCUT2D eigenvalue weighted by molar-refractivity contribution is 5.99. The predicted octanol–water partition coefficient (Wildman–Crippen LogP) is 2.32. The van der Waals surface area contributed by atoms with E-state index >= 15 is 0 Å². The minimum Gasteiger partial charge on any atom is -0.466 e. The number of carbonyl (C=O) groups is 3. The molecule has 0 aliphatic carbocycles. The number of Topliss-reactive ketones (excluding diaryl/α,β-unsaturated/α-hetero) is 1. The molecule has 1 heterocycles. The Labute approximate surface area is 137 Å². The molecule has 8 heteroatoms. The highest BCUT2D eigenvalue weighted by atomic mass is 19.1. The van der Waals surface area contributed by atoms with Gasteiger partial charge in [-0.1, -0.05) is 0 Å². The molecule has 1 aliphatic rings.